The molecule has 1 atom stereocenters. The second-order valence-electron chi connectivity index (χ2n) is 2.84. The Morgan fingerprint density at radius 1 is 1.46 bits per heavy atom. The van der Waals surface area contributed by atoms with Crippen molar-refractivity contribution >= 4 is 5.97 Å². The molecular formula is C8H12O5. The Labute approximate surface area is 75.9 Å². The van der Waals surface area contributed by atoms with Gasteiger partial charge in [-0.1, -0.05) is 0 Å². The number of carbonyl (C=O) groups excluding carboxylic acids is 1. The number of methoxy groups -OCH3 is 2. The number of aliphatic hydroxyl groups is 1. The van der Waals surface area contributed by atoms with Crippen molar-refractivity contribution in [3.05, 3.63) is 11.5 Å². The van der Waals surface area contributed by atoms with Crippen LogP contribution in [0.4, 0.5) is 0 Å². The molecule has 0 spiro atoms. The number of hydrogen-bond acceptors (Lipinski definition) is 5. The summed E-state index contributed by atoms with van der Waals surface area (Å²) in [6, 6.07) is 0. The number of rotatable bonds is 3. The first-order valence-electron chi connectivity index (χ1n) is 3.76. The monoisotopic (exact) mass is 188 g/mol. The van der Waals surface area contributed by atoms with Gasteiger partial charge in [-0.05, 0) is 6.92 Å². The number of esters is 1. The second kappa shape index (κ2) is 3.26. The van der Waals surface area contributed by atoms with Gasteiger partial charge in [-0.25, -0.2) is 4.79 Å². The van der Waals surface area contributed by atoms with Crippen LogP contribution in [-0.2, 0) is 19.0 Å². The maximum atomic E-state index is 11.2. The highest BCUT2D eigenvalue weighted by molar-refractivity contribution is 5.90. The lowest BCUT2D eigenvalue weighted by atomic mass is 10.1. The first kappa shape index (κ1) is 9.85. The van der Waals surface area contributed by atoms with Gasteiger partial charge in [0.15, 0.2) is 11.4 Å². The van der Waals surface area contributed by atoms with Crippen molar-refractivity contribution in [2.45, 2.75) is 12.5 Å². The SMILES string of the molecule is COC1=C(OC)C(C)(CO)OC1=O. The molecule has 1 heterocycles. The van der Waals surface area contributed by atoms with Crippen molar-refractivity contribution in [1.82, 2.24) is 0 Å². The summed E-state index contributed by atoms with van der Waals surface area (Å²) in [4.78, 5) is 11.2. The summed E-state index contributed by atoms with van der Waals surface area (Å²) < 4.78 is 14.6. The molecule has 1 rings (SSSR count). The van der Waals surface area contributed by atoms with Crippen LogP contribution in [-0.4, -0.2) is 37.5 Å². The van der Waals surface area contributed by atoms with Crippen LogP contribution in [0, 0.1) is 0 Å². The average Bonchev–Trinajstić information content (AvgIpc) is 2.37. The molecule has 1 aliphatic heterocycles. The summed E-state index contributed by atoms with van der Waals surface area (Å²) in [5, 5.41) is 9.01. The molecule has 0 fully saturated rings. The topological polar surface area (TPSA) is 65.0 Å². The van der Waals surface area contributed by atoms with E-state index in [0.29, 0.717) is 0 Å². The number of ether oxygens (including phenoxy) is 3. The van der Waals surface area contributed by atoms with Gasteiger partial charge in [0, 0.05) is 0 Å². The van der Waals surface area contributed by atoms with E-state index in [0.717, 1.165) is 0 Å². The summed E-state index contributed by atoms with van der Waals surface area (Å²) in [6.45, 7) is 1.21. The minimum atomic E-state index is -1.11. The second-order valence-corrected chi connectivity index (χ2v) is 2.84. The highest BCUT2D eigenvalue weighted by Crippen LogP contribution is 2.32. The van der Waals surface area contributed by atoms with Gasteiger partial charge >= 0.3 is 5.97 Å². The van der Waals surface area contributed by atoms with Crippen molar-refractivity contribution < 1.29 is 24.1 Å². The Bertz CT molecular complexity index is 257. The fraction of sp³-hybridized carbons (Fsp3) is 0.625. The van der Waals surface area contributed by atoms with Gasteiger partial charge in [-0.2, -0.15) is 0 Å². The van der Waals surface area contributed by atoms with Crippen molar-refractivity contribution in [3.8, 4) is 0 Å². The number of cyclic esters (lactones) is 1. The summed E-state index contributed by atoms with van der Waals surface area (Å²) >= 11 is 0. The standard InChI is InChI=1S/C8H12O5/c1-8(4-9)6(12-3)5(11-2)7(10)13-8/h9H,4H2,1-3H3. The summed E-state index contributed by atoms with van der Waals surface area (Å²) in [5.74, 6) is -0.377. The fourth-order valence-corrected chi connectivity index (χ4v) is 1.22. The minimum absolute atomic E-state index is 0.0130. The Hall–Kier alpha value is -1.23. The van der Waals surface area contributed by atoms with Crippen LogP contribution < -0.4 is 0 Å². The number of aliphatic hydroxyl groups excluding tert-OH is 1. The molecule has 0 amide bonds. The molecule has 5 nitrogen and oxygen atoms in total. The molecular weight excluding hydrogens is 176 g/mol. The fourth-order valence-electron chi connectivity index (χ4n) is 1.22. The van der Waals surface area contributed by atoms with E-state index in [-0.39, 0.29) is 18.1 Å². The Morgan fingerprint density at radius 3 is 2.46 bits per heavy atom. The molecule has 5 heteroatoms. The molecule has 0 saturated carbocycles. The molecule has 1 unspecified atom stereocenters. The third kappa shape index (κ3) is 1.35. The Kier molecular flexibility index (Phi) is 2.47. The number of hydrogen-bond donors (Lipinski definition) is 1. The van der Waals surface area contributed by atoms with E-state index in [9.17, 15) is 4.79 Å². The van der Waals surface area contributed by atoms with Crippen molar-refractivity contribution in [2.24, 2.45) is 0 Å². The van der Waals surface area contributed by atoms with Crippen LogP contribution in [0.5, 0.6) is 0 Å². The van der Waals surface area contributed by atoms with E-state index in [2.05, 4.69) is 0 Å². The highest BCUT2D eigenvalue weighted by Gasteiger charge is 2.46. The first-order chi connectivity index (χ1) is 6.09. The maximum Gasteiger partial charge on any atom is 0.378 e. The zero-order chi connectivity index (χ0) is 10.1. The van der Waals surface area contributed by atoms with Gasteiger partial charge in [0.05, 0.1) is 20.8 Å². The molecule has 1 aliphatic rings. The predicted octanol–water partition coefficient (Wildman–Crippen LogP) is -0.201. The van der Waals surface area contributed by atoms with E-state index in [4.69, 9.17) is 19.3 Å². The van der Waals surface area contributed by atoms with Crippen LogP contribution in [0.1, 0.15) is 6.92 Å². The summed E-state index contributed by atoms with van der Waals surface area (Å²) in [7, 11) is 2.74. The largest absolute Gasteiger partial charge is 0.493 e. The molecule has 0 bridgehead atoms. The zero-order valence-corrected chi connectivity index (χ0v) is 7.79. The van der Waals surface area contributed by atoms with Crippen molar-refractivity contribution in [3.63, 3.8) is 0 Å². The van der Waals surface area contributed by atoms with Crippen LogP contribution in [0.2, 0.25) is 0 Å². The predicted molar refractivity (Wildman–Crippen MR) is 42.6 cm³/mol. The first-order valence-corrected chi connectivity index (χ1v) is 3.76. The van der Waals surface area contributed by atoms with E-state index in [1.165, 1.54) is 14.2 Å². The minimum Gasteiger partial charge on any atom is -0.493 e. The average molecular weight is 188 g/mol. The third-order valence-electron chi connectivity index (χ3n) is 1.90. The molecule has 0 aromatic heterocycles. The zero-order valence-electron chi connectivity index (χ0n) is 7.79. The quantitative estimate of drug-likeness (QED) is 0.621. The molecule has 0 radical (unpaired) electrons. The van der Waals surface area contributed by atoms with Crippen molar-refractivity contribution in [1.29, 1.82) is 0 Å². The lowest BCUT2D eigenvalue weighted by Gasteiger charge is -2.21. The molecule has 0 aromatic rings. The van der Waals surface area contributed by atoms with Gasteiger partial charge in [0.25, 0.3) is 0 Å². The van der Waals surface area contributed by atoms with Crippen LogP contribution in [0.25, 0.3) is 0 Å². The lowest BCUT2D eigenvalue weighted by molar-refractivity contribution is -0.152. The summed E-state index contributed by atoms with van der Waals surface area (Å²) in [5.41, 5.74) is -1.11. The Morgan fingerprint density at radius 2 is 2.08 bits per heavy atom. The Balaban J connectivity index is 3.09. The van der Waals surface area contributed by atoms with Gasteiger partial charge in [0.2, 0.25) is 5.76 Å². The highest BCUT2D eigenvalue weighted by atomic mass is 16.6. The molecule has 0 saturated heterocycles. The lowest BCUT2D eigenvalue weighted by Crippen LogP contribution is -2.33. The van der Waals surface area contributed by atoms with Gasteiger partial charge in [0.1, 0.15) is 0 Å². The van der Waals surface area contributed by atoms with E-state index in [1.54, 1.807) is 6.92 Å². The third-order valence-corrected chi connectivity index (χ3v) is 1.90. The van der Waals surface area contributed by atoms with Gasteiger partial charge in [-0.15, -0.1) is 0 Å². The molecule has 74 valence electrons. The van der Waals surface area contributed by atoms with E-state index >= 15 is 0 Å². The van der Waals surface area contributed by atoms with Gasteiger partial charge < -0.3 is 19.3 Å². The van der Waals surface area contributed by atoms with Crippen LogP contribution >= 0.6 is 0 Å². The van der Waals surface area contributed by atoms with E-state index < -0.39 is 11.6 Å². The number of carbonyl (C=O) groups is 1. The molecule has 0 aromatic carbocycles. The summed E-state index contributed by atoms with van der Waals surface area (Å²) in [6.07, 6.45) is 0. The van der Waals surface area contributed by atoms with Crippen molar-refractivity contribution in [2.75, 3.05) is 20.8 Å². The molecule has 13 heavy (non-hydrogen) atoms. The smallest absolute Gasteiger partial charge is 0.378 e. The van der Waals surface area contributed by atoms with E-state index in [1.807, 2.05) is 0 Å². The van der Waals surface area contributed by atoms with Crippen LogP contribution in [0.3, 0.4) is 0 Å². The molecule has 0 aliphatic carbocycles. The van der Waals surface area contributed by atoms with Gasteiger partial charge in [-0.3, -0.25) is 0 Å². The van der Waals surface area contributed by atoms with Crippen LogP contribution in [0.15, 0.2) is 11.5 Å². The molecule has 1 N–H and O–H groups in total. The normalized spacial score (nSPS) is 27.5. The maximum absolute atomic E-state index is 11.2.